The van der Waals surface area contributed by atoms with E-state index in [1.54, 1.807) is 0 Å². The molecular weight excluding hydrogens is 224 g/mol. The number of thioether (sulfide) groups is 1. The number of unbranched alkanes of at least 4 members (excludes halogenated alkanes) is 4. The maximum atomic E-state index is 2.36. The molecule has 0 rings (SSSR count). The molecular formula is C16H32S. The van der Waals surface area contributed by atoms with Crippen molar-refractivity contribution in [2.75, 3.05) is 6.26 Å². The second-order valence-corrected chi connectivity index (χ2v) is 7.06. The van der Waals surface area contributed by atoms with Gasteiger partial charge >= 0.3 is 0 Å². The molecule has 1 atom stereocenters. The van der Waals surface area contributed by atoms with E-state index in [1.807, 2.05) is 11.8 Å². The summed E-state index contributed by atoms with van der Waals surface area (Å²) in [6, 6.07) is 0. The average molecular weight is 256 g/mol. The Bertz CT molecular complexity index is 196. The van der Waals surface area contributed by atoms with Crippen LogP contribution in [0.25, 0.3) is 0 Å². The van der Waals surface area contributed by atoms with Crippen LogP contribution < -0.4 is 0 Å². The number of hydrogen-bond acceptors (Lipinski definition) is 1. The highest BCUT2D eigenvalue weighted by molar-refractivity contribution is 8.00. The summed E-state index contributed by atoms with van der Waals surface area (Å²) in [5.74, 6) is 0.879. The van der Waals surface area contributed by atoms with Gasteiger partial charge in [-0.1, -0.05) is 64.5 Å². The SMILES string of the molecule is CC=CC(C)(CCCCCCCC(C)C)SC. The van der Waals surface area contributed by atoms with Crippen molar-refractivity contribution in [1.29, 1.82) is 0 Å². The van der Waals surface area contributed by atoms with Gasteiger partial charge in [-0.3, -0.25) is 0 Å². The molecule has 0 fully saturated rings. The van der Waals surface area contributed by atoms with E-state index in [4.69, 9.17) is 0 Å². The van der Waals surface area contributed by atoms with E-state index in [2.05, 4.69) is 46.1 Å². The van der Waals surface area contributed by atoms with E-state index < -0.39 is 0 Å². The normalized spacial score (nSPS) is 15.6. The first-order valence-electron chi connectivity index (χ1n) is 7.23. The zero-order valence-corrected chi connectivity index (χ0v) is 13.4. The van der Waals surface area contributed by atoms with Gasteiger partial charge in [0.1, 0.15) is 0 Å². The van der Waals surface area contributed by atoms with Crippen LogP contribution in [0.2, 0.25) is 0 Å². The summed E-state index contributed by atoms with van der Waals surface area (Å²) in [4.78, 5) is 0. The molecule has 0 saturated carbocycles. The van der Waals surface area contributed by atoms with Crippen molar-refractivity contribution in [3.05, 3.63) is 12.2 Å². The fraction of sp³-hybridized carbons (Fsp3) is 0.875. The molecule has 0 radical (unpaired) electrons. The molecule has 0 heterocycles. The average Bonchev–Trinajstić information content (AvgIpc) is 2.28. The van der Waals surface area contributed by atoms with Crippen LogP contribution in [0.3, 0.4) is 0 Å². The molecule has 0 aromatic carbocycles. The third kappa shape index (κ3) is 9.76. The van der Waals surface area contributed by atoms with E-state index >= 15 is 0 Å². The molecule has 0 spiro atoms. The lowest BCUT2D eigenvalue weighted by Crippen LogP contribution is -2.15. The Labute approximate surface area is 114 Å². The minimum Gasteiger partial charge on any atom is -0.155 e. The molecule has 0 aromatic heterocycles. The molecule has 17 heavy (non-hydrogen) atoms. The van der Waals surface area contributed by atoms with E-state index in [-0.39, 0.29) is 0 Å². The van der Waals surface area contributed by atoms with Crippen molar-refractivity contribution in [2.45, 2.75) is 77.4 Å². The van der Waals surface area contributed by atoms with Crippen molar-refractivity contribution in [3.8, 4) is 0 Å². The molecule has 0 aromatic rings. The van der Waals surface area contributed by atoms with Gasteiger partial charge in [0.05, 0.1) is 0 Å². The van der Waals surface area contributed by atoms with Gasteiger partial charge in [-0.15, -0.1) is 0 Å². The van der Waals surface area contributed by atoms with Gasteiger partial charge in [-0.2, -0.15) is 11.8 Å². The van der Waals surface area contributed by atoms with Crippen molar-refractivity contribution in [3.63, 3.8) is 0 Å². The molecule has 0 saturated heterocycles. The molecule has 0 aliphatic carbocycles. The van der Waals surface area contributed by atoms with E-state index in [9.17, 15) is 0 Å². The Morgan fingerprint density at radius 1 is 1.06 bits per heavy atom. The van der Waals surface area contributed by atoms with E-state index in [0.717, 1.165) is 5.92 Å². The fourth-order valence-electron chi connectivity index (χ4n) is 2.16. The summed E-state index contributed by atoms with van der Waals surface area (Å²) in [5.41, 5.74) is 0. The highest BCUT2D eigenvalue weighted by Gasteiger charge is 2.17. The molecule has 0 nitrogen and oxygen atoms in total. The standard InChI is InChI=1S/C16H32S/c1-6-13-16(4,17-5)14-11-9-7-8-10-12-15(2)3/h6,13,15H,7-12,14H2,1-5H3. The molecule has 1 unspecified atom stereocenters. The van der Waals surface area contributed by atoms with Crippen LogP contribution in [-0.2, 0) is 0 Å². The van der Waals surface area contributed by atoms with Gasteiger partial charge in [0, 0.05) is 4.75 Å². The first-order valence-corrected chi connectivity index (χ1v) is 8.45. The second kappa shape index (κ2) is 10.1. The highest BCUT2D eigenvalue weighted by atomic mass is 32.2. The maximum absolute atomic E-state index is 2.36. The van der Waals surface area contributed by atoms with Gasteiger partial charge in [0.25, 0.3) is 0 Å². The molecule has 0 bridgehead atoms. The van der Waals surface area contributed by atoms with E-state index in [0.29, 0.717) is 4.75 Å². The van der Waals surface area contributed by atoms with Crippen LogP contribution in [0.15, 0.2) is 12.2 Å². The molecule has 1 heteroatoms. The summed E-state index contributed by atoms with van der Waals surface area (Å²) in [7, 11) is 0. The van der Waals surface area contributed by atoms with Crippen LogP contribution in [0.1, 0.15) is 72.6 Å². The van der Waals surface area contributed by atoms with Gasteiger partial charge in [0.2, 0.25) is 0 Å². The third-order valence-corrected chi connectivity index (χ3v) is 4.71. The summed E-state index contributed by atoms with van der Waals surface area (Å²) in [5, 5.41) is 0. The molecule has 0 amide bonds. The second-order valence-electron chi connectivity index (χ2n) is 5.72. The quantitative estimate of drug-likeness (QED) is 0.337. The van der Waals surface area contributed by atoms with Crippen molar-refractivity contribution in [2.24, 2.45) is 5.92 Å². The van der Waals surface area contributed by atoms with Crippen molar-refractivity contribution in [1.82, 2.24) is 0 Å². The van der Waals surface area contributed by atoms with Crippen LogP contribution in [-0.4, -0.2) is 11.0 Å². The fourth-order valence-corrected chi connectivity index (χ4v) is 2.79. The van der Waals surface area contributed by atoms with Gasteiger partial charge < -0.3 is 0 Å². The smallest absolute Gasteiger partial charge is 0.0307 e. The van der Waals surface area contributed by atoms with Gasteiger partial charge in [-0.05, 0) is 32.4 Å². The lowest BCUT2D eigenvalue weighted by molar-refractivity contribution is 0.506. The first-order chi connectivity index (χ1) is 8.04. The molecule has 102 valence electrons. The lowest BCUT2D eigenvalue weighted by atomic mass is 9.99. The summed E-state index contributed by atoms with van der Waals surface area (Å²) >= 11 is 1.98. The maximum Gasteiger partial charge on any atom is 0.0307 e. The number of allylic oxidation sites excluding steroid dienone is 1. The van der Waals surface area contributed by atoms with Gasteiger partial charge in [0.15, 0.2) is 0 Å². The zero-order valence-electron chi connectivity index (χ0n) is 12.6. The van der Waals surface area contributed by atoms with Crippen molar-refractivity contribution < 1.29 is 0 Å². The monoisotopic (exact) mass is 256 g/mol. The predicted octanol–water partition coefficient (Wildman–Crippen LogP) is 6.07. The van der Waals surface area contributed by atoms with Crippen LogP contribution in [0, 0.1) is 5.92 Å². The Morgan fingerprint density at radius 3 is 2.18 bits per heavy atom. The third-order valence-electron chi connectivity index (χ3n) is 3.44. The minimum atomic E-state index is 0.368. The zero-order chi connectivity index (χ0) is 13.1. The first kappa shape index (κ1) is 17.1. The largest absolute Gasteiger partial charge is 0.155 e. The Morgan fingerprint density at radius 2 is 1.65 bits per heavy atom. The lowest BCUT2D eigenvalue weighted by Gasteiger charge is -2.23. The number of rotatable bonds is 10. The Kier molecular flexibility index (Phi) is 10.1. The van der Waals surface area contributed by atoms with Crippen LogP contribution >= 0.6 is 11.8 Å². The van der Waals surface area contributed by atoms with Crippen LogP contribution in [0.5, 0.6) is 0 Å². The highest BCUT2D eigenvalue weighted by Crippen LogP contribution is 2.30. The summed E-state index contributed by atoms with van der Waals surface area (Å²) in [6.07, 6.45) is 16.6. The van der Waals surface area contributed by atoms with E-state index in [1.165, 1.54) is 44.9 Å². The topological polar surface area (TPSA) is 0 Å². The van der Waals surface area contributed by atoms with Crippen molar-refractivity contribution >= 4 is 11.8 Å². The Hall–Kier alpha value is 0.0900. The number of hydrogen-bond donors (Lipinski definition) is 0. The molecule has 0 aliphatic heterocycles. The van der Waals surface area contributed by atoms with Gasteiger partial charge in [-0.25, -0.2) is 0 Å². The predicted molar refractivity (Wildman–Crippen MR) is 83.9 cm³/mol. The minimum absolute atomic E-state index is 0.368. The van der Waals surface area contributed by atoms with Crippen LogP contribution in [0.4, 0.5) is 0 Å². The summed E-state index contributed by atoms with van der Waals surface area (Å²) < 4.78 is 0.368. The summed E-state index contributed by atoms with van der Waals surface area (Å²) in [6.45, 7) is 9.12. The Balaban J connectivity index is 3.50. The molecule has 0 aliphatic rings. The molecule has 0 N–H and O–H groups in total.